The van der Waals surface area contributed by atoms with Crippen LogP contribution in [0, 0.1) is 10.1 Å². The van der Waals surface area contributed by atoms with E-state index in [1.165, 1.54) is 18.2 Å². The van der Waals surface area contributed by atoms with Crippen molar-refractivity contribution in [3.05, 3.63) is 54.7 Å². The van der Waals surface area contributed by atoms with E-state index >= 15 is 0 Å². The summed E-state index contributed by atoms with van der Waals surface area (Å²) >= 11 is 3.10. The minimum absolute atomic E-state index is 0.0508. The molecule has 0 aliphatic rings. The number of aromatic nitrogens is 3. The van der Waals surface area contributed by atoms with Crippen molar-refractivity contribution < 1.29 is 9.72 Å². The molecule has 2 aromatic rings. The predicted octanol–water partition coefficient (Wildman–Crippen LogP) is 0.699. The SMILES string of the molecule is O=C(NCc1n[nH]c(=O)[nH]1)c1ccc(Br)cc1[N+](=O)[O-]. The highest BCUT2D eigenvalue weighted by Gasteiger charge is 2.20. The standard InChI is InChI=1S/C10H8BrN5O4/c11-5-1-2-6(7(3-5)16(19)20)9(17)12-4-8-13-10(18)15-14-8/h1-3H,4H2,(H,12,17)(H2,13,14,15,18). The van der Waals surface area contributed by atoms with E-state index in [0.717, 1.165) is 0 Å². The zero-order chi connectivity index (χ0) is 14.7. The van der Waals surface area contributed by atoms with Crippen LogP contribution in [0.1, 0.15) is 16.2 Å². The van der Waals surface area contributed by atoms with Crippen molar-refractivity contribution in [1.29, 1.82) is 0 Å². The molecule has 0 radical (unpaired) electrons. The summed E-state index contributed by atoms with van der Waals surface area (Å²) in [6.45, 7) is -0.0508. The number of carbonyl (C=O) groups excluding carboxylic acids is 1. The molecule has 0 saturated heterocycles. The van der Waals surface area contributed by atoms with Gasteiger partial charge in [0.15, 0.2) is 0 Å². The second-order valence-corrected chi connectivity index (χ2v) is 4.64. The highest BCUT2D eigenvalue weighted by atomic mass is 79.9. The summed E-state index contributed by atoms with van der Waals surface area (Å²) < 4.78 is 0.498. The molecule has 2 rings (SSSR count). The van der Waals surface area contributed by atoms with Gasteiger partial charge in [-0.15, -0.1) is 0 Å². The van der Waals surface area contributed by atoms with Crippen molar-refractivity contribution in [2.75, 3.05) is 0 Å². The van der Waals surface area contributed by atoms with Gasteiger partial charge in [-0.1, -0.05) is 15.9 Å². The smallest absolute Gasteiger partial charge is 0.340 e. The Kier molecular flexibility index (Phi) is 3.94. The Balaban J connectivity index is 2.17. The average Bonchev–Trinajstić information content (AvgIpc) is 2.81. The lowest BCUT2D eigenvalue weighted by molar-refractivity contribution is -0.385. The van der Waals surface area contributed by atoms with Crippen LogP contribution in [0.15, 0.2) is 27.5 Å². The van der Waals surface area contributed by atoms with Crippen LogP contribution in [-0.2, 0) is 6.54 Å². The van der Waals surface area contributed by atoms with Gasteiger partial charge in [0, 0.05) is 10.5 Å². The topological polar surface area (TPSA) is 134 Å². The fourth-order valence-electron chi connectivity index (χ4n) is 1.50. The number of nitrogens with zero attached hydrogens (tertiary/aromatic N) is 2. The Morgan fingerprint density at radius 2 is 2.25 bits per heavy atom. The quantitative estimate of drug-likeness (QED) is 0.555. The van der Waals surface area contributed by atoms with Crippen molar-refractivity contribution >= 4 is 27.5 Å². The van der Waals surface area contributed by atoms with Gasteiger partial charge >= 0.3 is 5.69 Å². The van der Waals surface area contributed by atoms with Crippen LogP contribution >= 0.6 is 15.9 Å². The van der Waals surface area contributed by atoms with E-state index in [4.69, 9.17) is 0 Å². The van der Waals surface area contributed by atoms with E-state index in [1.807, 2.05) is 0 Å². The lowest BCUT2D eigenvalue weighted by Crippen LogP contribution is -2.24. The van der Waals surface area contributed by atoms with Crippen LogP contribution in [0.5, 0.6) is 0 Å². The third-order valence-corrected chi connectivity index (χ3v) is 2.86. The van der Waals surface area contributed by atoms with Crippen molar-refractivity contribution in [1.82, 2.24) is 20.5 Å². The molecular weight excluding hydrogens is 334 g/mol. The molecule has 1 aromatic heterocycles. The molecule has 0 spiro atoms. The Morgan fingerprint density at radius 1 is 1.50 bits per heavy atom. The van der Waals surface area contributed by atoms with Crippen LogP contribution in [0.4, 0.5) is 5.69 Å². The first-order valence-electron chi connectivity index (χ1n) is 5.33. The molecule has 1 amide bonds. The van der Waals surface area contributed by atoms with Gasteiger partial charge in [-0.25, -0.2) is 9.89 Å². The number of H-pyrrole nitrogens is 2. The molecule has 3 N–H and O–H groups in total. The van der Waals surface area contributed by atoms with E-state index in [1.54, 1.807) is 0 Å². The first-order chi connectivity index (χ1) is 9.47. The number of benzene rings is 1. The lowest BCUT2D eigenvalue weighted by atomic mass is 10.1. The number of nitrogens with one attached hydrogen (secondary N) is 3. The molecule has 0 atom stereocenters. The highest BCUT2D eigenvalue weighted by molar-refractivity contribution is 9.10. The molecule has 1 aromatic carbocycles. The third-order valence-electron chi connectivity index (χ3n) is 2.37. The summed E-state index contributed by atoms with van der Waals surface area (Å²) in [6, 6.07) is 4.11. The minimum atomic E-state index is -0.643. The summed E-state index contributed by atoms with van der Waals surface area (Å²) in [6.07, 6.45) is 0. The summed E-state index contributed by atoms with van der Waals surface area (Å²) in [5.74, 6) is -0.406. The fourth-order valence-corrected chi connectivity index (χ4v) is 1.85. The summed E-state index contributed by atoms with van der Waals surface area (Å²) in [5, 5.41) is 19.1. The molecule has 10 heteroatoms. The number of aromatic amines is 2. The van der Waals surface area contributed by atoms with Crippen molar-refractivity contribution in [3.8, 4) is 0 Å². The molecular formula is C10H8BrN5O4. The zero-order valence-corrected chi connectivity index (χ0v) is 11.4. The highest BCUT2D eigenvalue weighted by Crippen LogP contribution is 2.23. The fraction of sp³-hybridized carbons (Fsp3) is 0.100. The van der Waals surface area contributed by atoms with Gasteiger partial charge in [0.2, 0.25) is 0 Å². The molecule has 9 nitrogen and oxygen atoms in total. The Hall–Kier alpha value is -2.49. The van der Waals surface area contributed by atoms with Crippen LogP contribution in [0.2, 0.25) is 0 Å². The maximum absolute atomic E-state index is 11.9. The van der Waals surface area contributed by atoms with Gasteiger partial charge in [0.1, 0.15) is 11.4 Å². The number of nitro benzene ring substituents is 1. The number of hydrogen-bond donors (Lipinski definition) is 3. The second-order valence-electron chi connectivity index (χ2n) is 3.73. The molecule has 0 unspecified atom stereocenters. The van der Waals surface area contributed by atoms with Crippen LogP contribution < -0.4 is 11.0 Å². The number of hydrogen-bond acceptors (Lipinski definition) is 5. The Morgan fingerprint density at radius 3 is 2.85 bits per heavy atom. The first-order valence-corrected chi connectivity index (χ1v) is 6.12. The minimum Gasteiger partial charge on any atom is -0.345 e. The molecule has 0 aliphatic heterocycles. The zero-order valence-electron chi connectivity index (χ0n) is 9.84. The van der Waals surface area contributed by atoms with Crippen molar-refractivity contribution in [3.63, 3.8) is 0 Å². The Bertz CT molecular complexity index is 722. The molecule has 1 heterocycles. The number of halogens is 1. The first kappa shape index (κ1) is 13.9. The van der Waals surface area contributed by atoms with Gasteiger partial charge < -0.3 is 5.32 Å². The maximum Gasteiger partial charge on any atom is 0.340 e. The van der Waals surface area contributed by atoms with E-state index in [-0.39, 0.29) is 23.6 Å². The summed E-state index contributed by atoms with van der Waals surface area (Å²) in [5.41, 5.74) is -0.882. The van der Waals surface area contributed by atoms with Gasteiger partial charge in [-0.2, -0.15) is 5.10 Å². The van der Waals surface area contributed by atoms with Gasteiger partial charge in [-0.3, -0.25) is 19.9 Å². The Labute approximate surface area is 119 Å². The van der Waals surface area contributed by atoms with Crippen LogP contribution in [-0.4, -0.2) is 26.0 Å². The van der Waals surface area contributed by atoms with Crippen LogP contribution in [0.25, 0.3) is 0 Å². The van der Waals surface area contributed by atoms with E-state index < -0.39 is 16.5 Å². The molecule has 0 aliphatic carbocycles. The molecule has 0 saturated carbocycles. The van der Waals surface area contributed by atoms with E-state index in [2.05, 4.69) is 36.4 Å². The van der Waals surface area contributed by atoms with Crippen LogP contribution in [0.3, 0.4) is 0 Å². The van der Waals surface area contributed by atoms with Gasteiger partial charge in [-0.05, 0) is 12.1 Å². The number of nitro groups is 1. The number of carbonyl (C=O) groups is 1. The summed E-state index contributed by atoms with van der Waals surface area (Å²) in [7, 11) is 0. The van der Waals surface area contributed by atoms with E-state index in [9.17, 15) is 19.7 Å². The van der Waals surface area contributed by atoms with Gasteiger partial charge in [0.25, 0.3) is 11.6 Å². The van der Waals surface area contributed by atoms with Gasteiger partial charge in [0.05, 0.1) is 11.5 Å². The number of rotatable bonds is 4. The van der Waals surface area contributed by atoms with Crippen molar-refractivity contribution in [2.45, 2.75) is 6.54 Å². The largest absolute Gasteiger partial charge is 0.345 e. The maximum atomic E-state index is 11.9. The van der Waals surface area contributed by atoms with E-state index in [0.29, 0.717) is 4.47 Å². The predicted molar refractivity (Wildman–Crippen MR) is 71.2 cm³/mol. The third kappa shape index (κ3) is 3.09. The lowest BCUT2D eigenvalue weighted by Gasteiger charge is -2.04. The molecule has 104 valence electrons. The second kappa shape index (κ2) is 5.65. The van der Waals surface area contributed by atoms with Crippen molar-refractivity contribution in [2.24, 2.45) is 0 Å². The normalized spacial score (nSPS) is 10.2. The average molecular weight is 342 g/mol. The molecule has 0 bridgehead atoms. The molecule has 20 heavy (non-hydrogen) atoms. The number of amides is 1. The summed E-state index contributed by atoms with van der Waals surface area (Å²) in [4.78, 5) is 35.3. The monoisotopic (exact) mass is 341 g/mol. The molecule has 0 fully saturated rings.